The first kappa shape index (κ1) is 10.8. The number of nitrogens with two attached hydrogens (primary N) is 3. The van der Waals surface area contributed by atoms with E-state index in [1.165, 1.54) is 0 Å². The van der Waals surface area contributed by atoms with Crippen LogP contribution in [0.15, 0.2) is 0 Å². The van der Waals surface area contributed by atoms with Crippen molar-refractivity contribution in [1.82, 2.24) is 15.5 Å². The highest BCUT2D eigenvalue weighted by atomic mass is 15.5. The molecular weight excluding hydrogens is 168 g/mol. The highest BCUT2D eigenvalue weighted by molar-refractivity contribution is 4.77. The molecule has 0 aliphatic carbocycles. The molecule has 2 atom stereocenters. The van der Waals surface area contributed by atoms with Gasteiger partial charge in [0.25, 0.3) is 0 Å². The van der Waals surface area contributed by atoms with Crippen molar-refractivity contribution >= 4 is 0 Å². The third-order valence-electron chi connectivity index (χ3n) is 2.19. The third-order valence-corrected chi connectivity index (χ3v) is 2.19. The van der Waals surface area contributed by atoms with Gasteiger partial charge in [-0.05, 0) is 6.42 Å². The smallest absolute Gasteiger partial charge is 0.116 e. The highest BCUT2D eigenvalue weighted by Crippen LogP contribution is 2.02. The first-order chi connectivity index (χ1) is 6.15. The zero-order chi connectivity index (χ0) is 9.84. The van der Waals surface area contributed by atoms with Gasteiger partial charge in [-0.1, -0.05) is 13.3 Å². The molecule has 2 unspecified atom stereocenters. The molecule has 1 fully saturated rings. The van der Waals surface area contributed by atoms with Gasteiger partial charge in [-0.25, -0.2) is 4.90 Å². The molecule has 1 aliphatic heterocycles. The SMILES string of the molecule is CCCCN1C(N)NC(N)NC1N. The maximum absolute atomic E-state index is 5.82. The zero-order valence-corrected chi connectivity index (χ0v) is 8.03. The fraction of sp³-hybridized carbons (Fsp3) is 1.00. The Morgan fingerprint density at radius 3 is 2.15 bits per heavy atom. The van der Waals surface area contributed by atoms with Gasteiger partial charge in [-0.15, -0.1) is 0 Å². The monoisotopic (exact) mass is 188 g/mol. The Bertz CT molecular complexity index is 140. The Hall–Kier alpha value is -0.240. The van der Waals surface area contributed by atoms with Gasteiger partial charge in [-0.2, -0.15) is 0 Å². The Morgan fingerprint density at radius 1 is 1.15 bits per heavy atom. The van der Waals surface area contributed by atoms with E-state index >= 15 is 0 Å². The van der Waals surface area contributed by atoms with Crippen molar-refractivity contribution in [2.24, 2.45) is 17.2 Å². The Morgan fingerprint density at radius 2 is 1.69 bits per heavy atom. The molecule has 8 N–H and O–H groups in total. The molecule has 1 heterocycles. The lowest BCUT2D eigenvalue weighted by atomic mass is 10.3. The fourth-order valence-corrected chi connectivity index (χ4v) is 1.40. The van der Waals surface area contributed by atoms with Crippen LogP contribution >= 0.6 is 0 Å². The number of hydrogen-bond donors (Lipinski definition) is 5. The van der Waals surface area contributed by atoms with Crippen LogP contribution in [0.2, 0.25) is 0 Å². The van der Waals surface area contributed by atoms with Gasteiger partial charge in [0.1, 0.15) is 18.9 Å². The highest BCUT2D eigenvalue weighted by Gasteiger charge is 2.27. The predicted octanol–water partition coefficient (Wildman–Crippen LogP) is -1.99. The molecule has 0 bridgehead atoms. The maximum Gasteiger partial charge on any atom is 0.116 e. The summed E-state index contributed by atoms with van der Waals surface area (Å²) in [6, 6.07) is 0. The molecular formula is C7H20N6. The maximum atomic E-state index is 5.82. The van der Waals surface area contributed by atoms with Crippen molar-refractivity contribution in [1.29, 1.82) is 0 Å². The van der Waals surface area contributed by atoms with Crippen LogP contribution in [0.3, 0.4) is 0 Å². The summed E-state index contributed by atoms with van der Waals surface area (Å²) >= 11 is 0. The first-order valence-electron chi connectivity index (χ1n) is 4.69. The zero-order valence-electron chi connectivity index (χ0n) is 8.03. The van der Waals surface area contributed by atoms with Crippen LogP contribution in [-0.4, -0.2) is 30.3 Å². The molecule has 6 nitrogen and oxygen atoms in total. The Labute approximate surface area is 78.8 Å². The van der Waals surface area contributed by atoms with Gasteiger partial charge >= 0.3 is 0 Å². The summed E-state index contributed by atoms with van der Waals surface area (Å²) in [5.74, 6) is 0. The largest absolute Gasteiger partial charge is 0.303 e. The molecule has 6 heteroatoms. The Balaban J connectivity index is 2.41. The number of hydrogen-bond acceptors (Lipinski definition) is 6. The second-order valence-electron chi connectivity index (χ2n) is 3.29. The summed E-state index contributed by atoms with van der Waals surface area (Å²) in [4.78, 5) is 1.95. The van der Waals surface area contributed by atoms with E-state index in [0.717, 1.165) is 19.4 Å². The molecule has 0 amide bonds. The fourth-order valence-electron chi connectivity index (χ4n) is 1.40. The van der Waals surface area contributed by atoms with Crippen molar-refractivity contribution in [3.8, 4) is 0 Å². The van der Waals surface area contributed by atoms with Crippen LogP contribution in [0.5, 0.6) is 0 Å². The third kappa shape index (κ3) is 2.87. The van der Waals surface area contributed by atoms with Gasteiger partial charge in [-0.3, -0.25) is 10.6 Å². The summed E-state index contributed by atoms with van der Waals surface area (Å²) in [5.41, 5.74) is 17.2. The average molecular weight is 188 g/mol. The van der Waals surface area contributed by atoms with Crippen molar-refractivity contribution in [2.75, 3.05) is 6.54 Å². The van der Waals surface area contributed by atoms with Gasteiger partial charge in [0.2, 0.25) is 0 Å². The van der Waals surface area contributed by atoms with E-state index < -0.39 is 0 Å². The Kier molecular flexibility index (Phi) is 4.04. The standard InChI is InChI=1S/C7H20N6/c1-2-3-4-13-6(9)11-5(8)12-7(13)10/h5-7,11-12H,2-4,8-10H2,1H3. The summed E-state index contributed by atoms with van der Waals surface area (Å²) in [6.45, 7) is 3.01. The van der Waals surface area contributed by atoms with E-state index in [4.69, 9.17) is 17.2 Å². The van der Waals surface area contributed by atoms with Crippen molar-refractivity contribution in [3.63, 3.8) is 0 Å². The molecule has 0 aromatic heterocycles. The number of rotatable bonds is 3. The molecule has 0 radical (unpaired) electrons. The second kappa shape index (κ2) is 4.85. The molecule has 0 aromatic carbocycles. The van der Waals surface area contributed by atoms with Crippen molar-refractivity contribution in [2.45, 2.75) is 38.6 Å². The molecule has 1 saturated heterocycles. The van der Waals surface area contributed by atoms with E-state index in [0.29, 0.717) is 0 Å². The van der Waals surface area contributed by atoms with Crippen LogP contribution in [0, 0.1) is 0 Å². The number of nitrogens with zero attached hydrogens (tertiary/aromatic N) is 1. The van der Waals surface area contributed by atoms with E-state index in [2.05, 4.69) is 17.6 Å². The number of unbranched alkanes of at least 4 members (excludes halogenated alkanes) is 1. The average Bonchev–Trinajstić information content (AvgIpc) is 2.02. The second-order valence-corrected chi connectivity index (χ2v) is 3.29. The van der Waals surface area contributed by atoms with Gasteiger partial charge in [0.15, 0.2) is 0 Å². The quantitative estimate of drug-likeness (QED) is 0.351. The van der Waals surface area contributed by atoms with Crippen LogP contribution in [0.1, 0.15) is 19.8 Å². The van der Waals surface area contributed by atoms with Gasteiger partial charge in [0, 0.05) is 6.54 Å². The summed E-state index contributed by atoms with van der Waals surface area (Å²) in [7, 11) is 0. The minimum atomic E-state index is -0.317. The van der Waals surface area contributed by atoms with Gasteiger partial charge < -0.3 is 17.2 Å². The lowest BCUT2D eigenvalue weighted by molar-refractivity contribution is 0.0270. The predicted molar refractivity (Wildman–Crippen MR) is 51.8 cm³/mol. The summed E-state index contributed by atoms with van der Waals surface area (Å²) in [5, 5.41) is 5.92. The van der Waals surface area contributed by atoms with Crippen LogP contribution < -0.4 is 27.8 Å². The molecule has 0 spiro atoms. The van der Waals surface area contributed by atoms with E-state index in [-0.39, 0.29) is 18.9 Å². The normalized spacial score (nSPS) is 36.5. The van der Waals surface area contributed by atoms with E-state index in [9.17, 15) is 0 Å². The first-order valence-corrected chi connectivity index (χ1v) is 4.69. The molecule has 0 saturated carbocycles. The van der Waals surface area contributed by atoms with E-state index in [1.807, 2.05) is 4.90 Å². The molecule has 1 rings (SSSR count). The minimum Gasteiger partial charge on any atom is -0.303 e. The molecule has 0 aromatic rings. The summed E-state index contributed by atoms with van der Waals surface area (Å²) < 4.78 is 0. The lowest BCUT2D eigenvalue weighted by Crippen LogP contribution is -2.76. The van der Waals surface area contributed by atoms with E-state index in [1.54, 1.807) is 0 Å². The summed E-state index contributed by atoms with van der Waals surface area (Å²) in [6.07, 6.45) is 1.39. The molecule has 78 valence electrons. The lowest BCUT2D eigenvalue weighted by Gasteiger charge is -2.42. The number of nitrogens with one attached hydrogen (secondary N) is 2. The topological polar surface area (TPSA) is 105 Å². The van der Waals surface area contributed by atoms with Gasteiger partial charge in [0.05, 0.1) is 0 Å². The minimum absolute atomic E-state index is 0.252. The van der Waals surface area contributed by atoms with Crippen LogP contribution in [0.4, 0.5) is 0 Å². The van der Waals surface area contributed by atoms with Crippen molar-refractivity contribution in [3.05, 3.63) is 0 Å². The van der Waals surface area contributed by atoms with Crippen molar-refractivity contribution < 1.29 is 0 Å². The van der Waals surface area contributed by atoms with Crippen LogP contribution in [0.25, 0.3) is 0 Å². The molecule has 1 aliphatic rings. The molecule has 13 heavy (non-hydrogen) atoms. The van der Waals surface area contributed by atoms with Crippen LogP contribution in [-0.2, 0) is 0 Å².